The molecule has 1 N–H and O–H groups in total. The second kappa shape index (κ2) is 6.84. The number of aromatic nitrogens is 2. The second-order valence-electron chi connectivity index (χ2n) is 6.34. The van der Waals surface area contributed by atoms with Gasteiger partial charge in [0.25, 0.3) is 0 Å². The van der Waals surface area contributed by atoms with Gasteiger partial charge in [-0.1, -0.05) is 26.0 Å². The summed E-state index contributed by atoms with van der Waals surface area (Å²) in [6.07, 6.45) is 0.946. The van der Waals surface area contributed by atoms with E-state index < -0.39 is 10.0 Å². The lowest BCUT2D eigenvalue weighted by Crippen LogP contribution is -2.23. The average molecular weight is 335 g/mol. The summed E-state index contributed by atoms with van der Waals surface area (Å²) < 4.78 is 29.3. The van der Waals surface area contributed by atoms with Crippen LogP contribution in [-0.2, 0) is 30.0 Å². The van der Waals surface area contributed by atoms with Crippen LogP contribution in [-0.4, -0.2) is 18.2 Å². The Balaban J connectivity index is 2.12. The molecule has 0 spiro atoms. The third-order valence-electron chi connectivity index (χ3n) is 3.98. The number of nitrogens with zero attached hydrogens (tertiary/aromatic N) is 2. The van der Waals surface area contributed by atoms with Crippen LogP contribution >= 0.6 is 0 Å². The Bertz CT molecular complexity index is 775. The Kier molecular flexibility index (Phi) is 5.26. The molecule has 0 aliphatic rings. The van der Waals surface area contributed by atoms with Crippen molar-refractivity contribution < 1.29 is 8.42 Å². The summed E-state index contributed by atoms with van der Waals surface area (Å²) in [6.45, 7) is 8.36. The molecule has 0 aliphatic carbocycles. The first-order valence-corrected chi connectivity index (χ1v) is 9.26. The summed E-state index contributed by atoms with van der Waals surface area (Å²) in [5.74, 6) is 0.548. The van der Waals surface area contributed by atoms with Crippen LogP contribution in [0, 0.1) is 19.8 Å². The number of hydrogen-bond acceptors (Lipinski definition) is 3. The van der Waals surface area contributed by atoms with Crippen molar-refractivity contribution in [2.75, 3.05) is 0 Å². The van der Waals surface area contributed by atoms with Gasteiger partial charge in [0, 0.05) is 24.8 Å². The average Bonchev–Trinajstić information content (AvgIpc) is 2.70. The lowest BCUT2D eigenvalue weighted by Gasteiger charge is -2.09. The molecule has 1 aromatic heterocycles. The Labute approximate surface area is 138 Å². The predicted octanol–water partition coefficient (Wildman–Crippen LogP) is 2.71. The number of rotatable bonds is 6. The molecule has 0 radical (unpaired) electrons. The van der Waals surface area contributed by atoms with Crippen LogP contribution in [0.1, 0.15) is 36.4 Å². The maximum Gasteiger partial charge on any atom is 0.240 e. The first-order valence-electron chi connectivity index (χ1n) is 7.78. The van der Waals surface area contributed by atoms with E-state index in [1.54, 1.807) is 16.8 Å². The molecular weight excluding hydrogens is 310 g/mol. The number of nitrogens with one attached hydrogen (secondary N) is 1. The van der Waals surface area contributed by atoms with E-state index in [0.717, 1.165) is 28.9 Å². The van der Waals surface area contributed by atoms with E-state index >= 15 is 0 Å². The zero-order valence-electron chi connectivity index (χ0n) is 14.4. The highest BCUT2D eigenvalue weighted by Gasteiger charge is 2.16. The SMILES string of the molecule is Cc1nn(C)c(C)c1CNS(=O)(=O)c1ccc(CC(C)C)cc1. The summed E-state index contributed by atoms with van der Waals surface area (Å²) in [5.41, 5.74) is 3.89. The second-order valence-corrected chi connectivity index (χ2v) is 8.11. The molecule has 0 fully saturated rings. The summed E-state index contributed by atoms with van der Waals surface area (Å²) >= 11 is 0. The van der Waals surface area contributed by atoms with Crippen molar-refractivity contribution in [3.8, 4) is 0 Å². The van der Waals surface area contributed by atoms with Crippen LogP contribution in [0.15, 0.2) is 29.2 Å². The Hall–Kier alpha value is -1.66. The van der Waals surface area contributed by atoms with Gasteiger partial charge in [-0.05, 0) is 43.9 Å². The normalized spacial score (nSPS) is 12.1. The lowest BCUT2D eigenvalue weighted by molar-refractivity contribution is 0.581. The molecule has 1 heterocycles. The van der Waals surface area contributed by atoms with E-state index in [0.29, 0.717) is 10.8 Å². The zero-order chi connectivity index (χ0) is 17.2. The van der Waals surface area contributed by atoms with Crippen molar-refractivity contribution >= 4 is 10.0 Å². The van der Waals surface area contributed by atoms with Crippen molar-refractivity contribution in [2.24, 2.45) is 13.0 Å². The van der Waals surface area contributed by atoms with E-state index in [9.17, 15) is 8.42 Å². The van der Waals surface area contributed by atoms with Gasteiger partial charge in [-0.2, -0.15) is 5.10 Å². The molecule has 5 nitrogen and oxygen atoms in total. The minimum absolute atomic E-state index is 0.252. The summed E-state index contributed by atoms with van der Waals surface area (Å²) in [7, 11) is -1.66. The highest BCUT2D eigenvalue weighted by Crippen LogP contribution is 2.16. The Morgan fingerprint density at radius 3 is 2.26 bits per heavy atom. The molecule has 0 aliphatic heterocycles. The quantitative estimate of drug-likeness (QED) is 0.883. The molecule has 0 saturated carbocycles. The van der Waals surface area contributed by atoms with Gasteiger partial charge in [0.2, 0.25) is 10.0 Å². The molecule has 1 aromatic carbocycles. The first-order chi connectivity index (χ1) is 10.7. The van der Waals surface area contributed by atoms with Crippen LogP contribution < -0.4 is 4.72 Å². The van der Waals surface area contributed by atoms with E-state index in [2.05, 4.69) is 23.7 Å². The van der Waals surface area contributed by atoms with Gasteiger partial charge in [0.15, 0.2) is 0 Å². The molecular formula is C17H25N3O2S. The van der Waals surface area contributed by atoms with E-state index in [1.807, 2.05) is 33.0 Å². The molecule has 0 amide bonds. The van der Waals surface area contributed by atoms with Crippen LogP contribution in [0.3, 0.4) is 0 Å². The smallest absolute Gasteiger partial charge is 0.240 e. The number of hydrogen-bond donors (Lipinski definition) is 1. The molecule has 126 valence electrons. The predicted molar refractivity (Wildman–Crippen MR) is 91.7 cm³/mol. The van der Waals surface area contributed by atoms with Gasteiger partial charge >= 0.3 is 0 Å². The van der Waals surface area contributed by atoms with Gasteiger partial charge < -0.3 is 0 Å². The summed E-state index contributed by atoms with van der Waals surface area (Å²) in [5, 5.41) is 4.30. The molecule has 0 saturated heterocycles. The third kappa shape index (κ3) is 4.20. The number of aryl methyl sites for hydroxylation is 2. The molecule has 2 aromatic rings. The maximum atomic E-state index is 12.4. The van der Waals surface area contributed by atoms with Crippen molar-refractivity contribution in [1.29, 1.82) is 0 Å². The van der Waals surface area contributed by atoms with Crippen LogP contribution in [0.5, 0.6) is 0 Å². The van der Waals surface area contributed by atoms with Crippen molar-refractivity contribution in [1.82, 2.24) is 14.5 Å². The monoisotopic (exact) mass is 335 g/mol. The van der Waals surface area contributed by atoms with E-state index in [4.69, 9.17) is 0 Å². The number of benzene rings is 1. The molecule has 6 heteroatoms. The van der Waals surface area contributed by atoms with Gasteiger partial charge in [-0.3, -0.25) is 4.68 Å². The van der Waals surface area contributed by atoms with E-state index in [1.165, 1.54) is 0 Å². The fourth-order valence-electron chi connectivity index (χ4n) is 2.60. The van der Waals surface area contributed by atoms with E-state index in [-0.39, 0.29) is 6.54 Å². The van der Waals surface area contributed by atoms with Crippen molar-refractivity contribution in [3.63, 3.8) is 0 Å². The summed E-state index contributed by atoms with van der Waals surface area (Å²) in [4.78, 5) is 0.296. The highest BCUT2D eigenvalue weighted by atomic mass is 32.2. The Morgan fingerprint density at radius 1 is 1.17 bits per heavy atom. The van der Waals surface area contributed by atoms with Crippen LogP contribution in [0.2, 0.25) is 0 Å². The van der Waals surface area contributed by atoms with Gasteiger partial charge in [-0.15, -0.1) is 0 Å². The minimum Gasteiger partial charge on any atom is -0.272 e. The van der Waals surface area contributed by atoms with Gasteiger partial charge in [-0.25, -0.2) is 13.1 Å². The standard InChI is InChI=1S/C17H25N3O2S/c1-12(2)10-15-6-8-16(9-7-15)23(21,22)18-11-17-13(3)19-20(5)14(17)4/h6-9,12,18H,10-11H2,1-5H3. The van der Waals surface area contributed by atoms with Crippen LogP contribution in [0.25, 0.3) is 0 Å². The third-order valence-corrected chi connectivity index (χ3v) is 5.39. The molecule has 2 rings (SSSR count). The van der Waals surface area contributed by atoms with Gasteiger partial charge in [0.05, 0.1) is 10.6 Å². The molecule has 0 bridgehead atoms. The minimum atomic E-state index is -3.51. The molecule has 0 unspecified atom stereocenters. The Morgan fingerprint density at radius 2 is 1.78 bits per heavy atom. The largest absolute Gasteiger partial charge is 0.272 e. The molecule has 23 heavy (non-hydrogen) atoms. The summed E-state index contributed by atoms with van der Waals surface area (Å²) in [6, 6.07) is 7.11. The zero-order valence-corrected chi connectivity index (χ0v) is 15.2. The van der Waals surface area contributed by atoms with Crippen LogP contribution in [0.4, 0.5) is 0 Å². The maximum absolute atomic E-state index is 12.4. The first kappa shape index (κ1) is 17.7. The lowest BCUT2D eigenvalue weighted by atomic mass is 10.0. The van der Waals surface area contributed by atoms with Crippen molar-refractivity contribution in [3.05, 3.63) is 46.8 Å². The van der Waals surface area contributed by atoms with Gasteiger partial charge in [0.1, 0.15) is 0 Å². The van der Waals surface area contributed by atoms with Crippen molar-refractivity contribution in [2.45, 2.75) is 45.6 Å². The fraction of sp³-hybridized carbons (Fsp3) is 0.471. The highest BCUT2D eigenvalue weighted by molar-refractivity contribution is 7.89. The topological polar surface area (TPSA) is 64.0 Å². The fourth-order valence-corrected chi connectivity index (χ4v) is 3.60. The number of sulfonamides is 1. The molecule has 0 atom stereocenters.